The standard InChI is InChI=1S/C10H14O3P/c1-2-13-14(12)10(11)8-9-6-4-3-5-7-9/h3-7,10-11H,2,8H2,1H3/q+1. The molecule has 0 aromatic heterocycles. The number of aliphatic hydroxyl groups is 1. The minimum Gasteiger partial charge on any atom is -0.348 e. The molecule has 0 bridgehead atoms. The molecule has 1 N–H and O–H groups in total. The van der Waals surface area contributed by atoms with Gasteiger partial charge in [-0.05, 0) is 17.1 Å². The van der Waals surface area contributed by atoms with Crippen molar-refractivity contribution in [1.82, 2.24) is 0 Å². The molecule has 0 aliphatic carbocycles. The van der Waals surface area contributed by atoms with Crippen molar-refractivity contribution < 1.29 is 14.2 Å². The summed E-state index contributed by atoms with van der Waals surface area (Å²) in [6, 6.07) is 9.45. The van der Waals surface area contributed by atoms with E-state index < -0.39 is 13.9 Å². The van der Waals surface area contributed by atoms with Gasteiger partial charge in [0, 0.05) is 6.42 Å². The van der Waals surface area contributed by atoms with Gasteiger partial charge in [-0.2, -0.15) is 0 Å². The number of rotatable bonds is 5. The van der Waals surface area contributed by atoms with Crippen LogP contribution in [0.3, 0.4) is 0 Å². The molecule has 0 aliphatic rings. The Kier molecular flexibility index (Phi) is 4.74. The Bertz CT molecular complexity index is 287. The summed E-state index contributed by atoms with van der Waals surface area (Å²) < 4.78 is 16.1. The van der Waals surface area contributed by atoms with E-state index in [4.69, 9.17) is 4.52 Å². The van der Waals surface area contributed by atoms with Gasteiger partial charge in [-0.25, -0.2) is 0 Å². The molecule has 1 aromatic rings. The highest BCUT2D eigenvalue weighted by Crippen LogP contribution is 2.29. The van der Waals surface area contributed by atoms with Crippen molar-refractivity contribution in [2.45, 2.75) is 19.2 Å². The zero-order chi connectivity index (χ0) is 10.4. The van der Waals surface area contributed by atoms with Crippen LogP contribution in [0.5, 0.6) is 0 Å². The topological polar surface area (TPSA) is 46.5 Å². The third-order valence-corrected chi connectivity index (χ3v) is 2.94. The Labute approximate surface area is 84.6 Å². The van der Waals surface area contributed by atoms with E-state index >= 15 is 0 Å². The minimum absolute atomic E-state index is 0.362. The molecule has 0 spiro atoms. The maximum Gasteiger partial charge on any atom is 0.540 e. The van der Waals surface area contributed by atoms with E-state index in [1.165, 1.54) is 0 Å². The van der Waals surface area contributed by atoms with E-state index in [9.17, 15) is 9.67 Å². The minimum atomic E-state index is -1.96. The molecule has 0 saturated carbocycles. The molecule has 4 heteroatoms. The molecular formula is C10H14O3P+. The Morgan fingerprint density at radius 2 is 2.07 bits per heavy atom. The molecule has 3 nitrogen and oxygen atoms in total. The molecule has 0 amide bonds. The van der Waals surface area contributed by atoms with Gasteiger partial charge in [0.1, 0.15) is 0 Å². The van der Waals surface area contributed by atoms with E-state index in [1.807, 2.05) is 30.3 Å². The van der Waals surface area contributed by atoms with Crippen molar-refractivity contribution >= 4 is 8.03 Å². The summed E-state index contributed by atoms with van der Waals surface area (Å²) in [7, 11) is -1.96. The molecule has 1 aromatic carbocycles. The van der Waals surface area contributed by atoms with Gasteiger partial charge in [0.2, 0.25) is 0 Å². The average Bonchev–Trinajstić information content (AvgIpc) is 2.19. The van der Waals surface area contributed by atoms with E-state index in [0.29, 0.717) is 13.0 Å². The second-order valence-corrected chi connectivity index (χ2v) is 4.30. The van der Waals surface area contributed by atoms with Gasteiger partial charge in [-0.1, -0.05) is 30.3 Å². The zero-order valence-corrected chi connectivity index (χ0v) is 8.98. The van der Waals surface area contributed by atoms with Crippen LogP contribution in [-0.2, 0) is 15.5 Å². The highest BCUT2D eigenvalue weighted by Gasteiger charge is 2.29. The zero-order valence-electron chi connectivity index (χ0n) is 8.09. The molecule has 0 saturated heterocycles. The molecule has 2 atom stereocenters. The Hall–Kier alpha value is -0.760. The average molecular weight is 213 g/mol. The van der Waals surface area contributed by atoms with Crippen molar-refractivity contribution in [2.75, 3.05) is 6.61 Å². The summed E-state index contributed by atoms with van der Waals surface area (Å²) in [5.74, 6) is -0.910. The fourth-order valence-corrected chi connectivity index (χ4v) is 1.90. The fraction of sp³-hybridized carbons (Fsp3) is 0.400. The summed E-state index contributed by atoms with van der Waals surface area (Å²) in [5.41, 5.74) is 0.961. The lowest BCUT2D eigenvalue weighted by Gasteiger charge is -1.99. The van der Waals surface area contributed by atoms with E-state index in [2.05, 4.69) is 0 Å². The lowest BCUT2D eigenvalue weighted by molar-refractivity contribution is 0.221. The highest BCUT2D eigenvalue weighted by molar-refractivity contribution is 7.39. The number of aliphatic hydroxyl groups excluding tert-OH is 1. The van der Waals surface area contributed by atoms with Crippen LogP contribution in [0, 0.1) is 0 Å². The predicted molar refractivity (Wildman–Crippen MR) is 55.4 cm³/mol. The quantitative estimate of drug-likeness (QED) is 0.763. The van der Waals surface area contributed by atoms with Crippen LogP contribution in [0.2, 0.25) is 0 Å². The molecule has 1 rings (SSSR count). The Morgan fingerprint density at radius 1 is 1.43 bits per heavy atom. The Balaban J connectivity index is 2.49. The van der Waals surface area contributed by atoms with Crippen molar-refractivity contribution in [2.24, 2.45) is 0 Å². The first-order valence-electron chi connectivity index (χ1n) is 4.55. The summed E-state index contributed by atoms with van der Waals surface area (Å²) in [4.78, 5) is 0. The van der Waals surface area contributed by atoms with Crippen molar-refractivity contribution in [3.63, 3.8) is 0 Å². The van der Waals surface area contributed by atoms with E-state index in [0.717, 1.165) is 5.56 Å². The molecule has 14 heavy (non-hydrogen) atoms. The first kappa shape index (κ1) is 11.3. The van der Waals surface area contributed by atoms with Crippen LogP contribution in [0.1, 0.15) is 12.5 Å². The van der Waals surface area contributed by atoms with E-state index in [-0.39, 0.29) is 0 Å². The Morgan fingerprint density at radius 3 is 2.64 bits per heavy atom. The smallest absolute Gasteiger partial charge is 0.348 e. The van der Waals surface area contributed by atoms with Crippen LogP contribution in [0.15, 0.2) is 30.3 Å². The maximum absolute atomic E-state index is 11.2. The van der Waals surface area contributed by atoms with Crippen molar-refractivity contribution in [3.8, 4) is 0 Å². The molecule has 0 fully saturated rings. The van der Waals surface area contributed by atoms with Gasteiger partial charge < -0.3 is 5.11 Å². The van der Waals surface area contributed by atoms with Gasteiger partial charge in [-0.3, -0.25) is 0 Å². The van der Waals surface area contributed by atoms with Crippen molar-refractivity contribution in [3.05, 3.63) is 35.9 Å². The number of benzene rings is 1. The third-order valence-electron chi connectivity index (χ3n) is 1.76. The monoisotopic (exact) mass is 213 g/mol. The third kappa shape index (κ3) is 3.54. The molecule has 0 heterocycles. The summed E-state index contributed by atoms with van der Waals surface area (Å²) in [5, 5.41) is 9.49. The molecule has 76 valence electrons. The van der Waals surface area contributed by atoms with Gasteiger partial charge >= 0.3 is 8.03 Å². The summed E-state index contributed by atoms with van der Waals surface area (Å²) in [6.45, 7) is 2.11. The molecule has 0 radical (unpaired) electrons. The van der Waals surface area contributed by atoms with Crippen LogP contribution in [-0.4, -0.2) is 17.6 Å². The second kappa shape index (κ2) is 5.86. The van der Waals surface area contributed by atoms with Crippen molar-refractivity contribution in [1.29, 1.82) is 0 Å². The molecule has 0 aliphatic heterocycles. The first-order valence-corrected chi connectivity index (χ1v) is 5.80. The van der Waals surface area contributed by atoms with Crippen LogP contribution in [0.4, 0.5) is 0 Å². The van der Waals surface area contributed by atoms with Gasteiger partial charge in [0.05, 0.1) is 6.61 Å². The lowest BCUT2D eigenvalue weighted by Crippen LogP contribution is -2.06. The highest BCUT2D eigenvalue weighted by atomic mass is 31.1. The number of hydrogen-bond acceptors (Lipinski definition) is 3. The van der Waals surface area contributed by atoms with Gasteiger partial charge in [-0.15, -0.1) is 4.52 Å². The SMILES string of the molecule is CCO[P+](=O)C(O)Cc1ccccc1. The summed E-state index contributed by atoms with van der Waals surface area (Å²) in [6.07, 6.45) is 0.371. The van der Waals surface area contributed by atoms with Crippen LogP contribution < -0.4 is 0 Å². The second-order valence-electron chi connectivity index (χ2n) is 2.87. The van der Waals surface area contributed by atoms with Crippen LogP contribution in [0.25, 0.3) is 0 Å². The molecule has 2 unspecified atom stereocenters. The van der Waals surface area contributed by atoms with E-state index in [1.54, 1.807) is 6.92 Å². The van der Waals surface area contributed by atoms with Gasteiger partial charge in [0.15, 0.2) is 0 Å². The largest absolute Gasteiger partial charge is 0.540 e. The summed E-state index contributed by atoms with van der Waals surface area (Å²) >= 11 is 0. The lowest BCUT2D eigenvalue weighted by atomic mass is 10.2. The maximum atomic E-state index is 11.2. The fourth-order valence-electron chi connectivity index (χ4n) is 1.11. The normalized spacial score (nSPS) is 13.7. The number of hydrogen-bond donors (Lipinski definition) is 1. The molecular weight excluding hydrogens is 199 g/mol. The predicted octanol–water partition coefficient (Wildman–Crippen LogP) is 2.33. The van der Waals surface area contributed by atoms with Crippen LogP contribution >= 0.6 is 8.03 Å². The first-order chi connectivity index (χ1) is 6.74. The van der Waals surface area contributed by atoms with Gasteiger partial charge in [0.25, 0.3) is 5.85 Å².